The molecule has 3 rings (SSSR count). The number of carbonyl (C=O) groups is 1. The van der Waals surface area contributed by atoms with Crippen molar-refractivity contribution in [2.24, 2.45) is 13.0 Å². The van der Waals surface area contributed by atoms with Gasteiger partial charge < -0.3 is 10.1 Å². The number of carbonyl (C=O) groups excluding carboxylic acids is 1. The molecule has 0 unspecified atom stereocenters. The molecule has 1 aliphatic carbocycles. The van der Waals surface area contributed by atoms with Gasteiger partial charge in [-0.1, -0.05) is 6.07 Å². The molecule has 1 aromatic heterocycles. The number of amides is 1. The van der Waals surface area contributed by atoms with E-state index in [1.807, 2.05) is 6.92 Å². The molecule has 1 fully saturated rings. The second-order valence-electron chi connectivity index (χ2n) is 5.98. The molecular formula is C17H20FN3O2. The highest BCUT2D eigenvalue weighted by molar-refractivity contribution is 5.92. The Morgan fingerprint density at radius 3 is 2.87 bits per heavy atom. The van der Waals surface area contributed by atoms with Crippen molar-refractivity contribution in [1.82, 2.24) is 15.1 Å². The molecule has 0 spiro atoms. The molecule has 1 aliphatic rings. The lowest BCUT2D eigenvalue weighted by Gasteiger charge is -2.15. The predicted octanol–water partition coefficient (Wildman–Crippen LogP) is 2.84. The fourth-order valence-electron chi connectivity index (χ4n) is 2.35. The third-order valence-corrected chi connectivity index (χ3v) is 4.03. The summed E-state index contributed by atoms with van der Waals surface area (Å²) >= 11 is 0. The Hall–Kier alpha value is -2.37. The average Bonchev–Trinajstić information content (AvgIpc) is 3.25. The van der Waals surface area contributed by atoms with Crippen molar-refractivity contribution >= 4 is 5.91 Å². The quantitative estimate of drug-likeness (QED) is 0.891. The maximum atomic E-state index is 14.1. The highest BCUT2D eigenvalue weighted by atomic mass is 19.1. The molecule has 23 heavy (non-hydrogen) atoms. The van der Waals surface area contributed by atoms with Crippen LogP contribution in [0.25, 0.3) is 0 Å². The van der Waals surface area contributed by atoms with Gasteiger partial charge in [0.15, 0.2) is 11.6 Å². The standard InChI is InChI=1S/C17H20FN3O2/c1-11(20-17(22)15-7-8-19-21(15)2)13-5-6-16(14(18)9-13)23-10-12-3-4-12/h5-9,11-12H,3-4,10H2,1-2H3,(H,20,22)/t11-/m1/s1. The third-order valence-electron chi connectivity index (χ3n) is 4.03. The third kappa shape index (κ3) is 3.70. The maximum absolute atomic E-state index is 14.1. The molecule has 5 nitrogen and oxygen atoms in total. The molecule has 1 heterocycles. The van der Waals surface area contributed by atoms with Crippen LogP contribution in [-0.2, 0) is 7.05 Å². The van der Waals surface area contributed by atoms with E-state index >= 15 is 0 Å². The van der Waals surface area contributed by atoms with Crippen LogP contribution < -0.4 is 10.1 Å². The number of nitrogens with one attached hydrogen (secondary N) is 1. The molecule has 0 aliphatic heterocycles. The van der Waals surface area contributed by atoms with E-state index < -0.39 is 5.82 Å². The Balaban J connectivity index is 1.64. The van der Waals surface area contributed by atoms with Gasteiger partial charge in [-0.25, -0.2) is 4.39 Å². The molecule has 1 atom stereocenters. The van der Waals surface area contributed by atoms with Crippen molar-refractivity contribution in [3.8, 4) is 5.75 Å². The van der Waals surface area contributed by atoms with Crippen LogP contribution in [0.1, 0.15) is 41.9 Å². The number of halogens is 1. The summed E-state index contributed by atoms with van der Waals surface area (Å²) in [6.07, 6.45) is 3.89. The minimum atomic E-state index is -0.398. The first-order valence-corrected chi connectivity index (χ1v) is 7.75. The molecule has 1 aromatic carbocycles. The van der Waals surface area contributed by atoms with Gasteiger partial charge in [0, 0.05) is 13.2 Å². The molecule has 0 bridgehead atoms. The van der Waals surface area contributed by atoms with Crippen LogP contribution in [0.15, 0.2) is 30.5 Å². The number of hydrogen-bond acceptors (Lipinski definition) is 3. The summed E-state index contributed by atoms with van der Waals surface area (Å²) in [6.45, 7) is 2.39. The second kappa shape index (κ2) is 6.40. The van der Waals surface area contributed by atoms with E-state index in [4.69, 9.17) is 4.74 Å². The lowest BCUT2D eigenvalue weighted by atomic mass is 10.1. The molecule has 1 amide bonds. The highest BCUT2D eigenvalue weighted by Crippen LogP contribution is 2.30. The molecule has 122 valence electrons. The summed E-state index contributed by atoms with van der Waals surface area (Å²) in [5.41, 5.74) is 1.15. The van der Waals surface area contributed by atoms with Crippen LogP contribution in [0.3, 0.4) is 0 Å². The van der Waals surface area contributed by atoms with Crippen molar-refractivity contribution in [2.45, 2.75) is 25.8 Å². The smallest absolute Gasteiger partial charge is 0.270 e. The number of aromatic nitrogens is 2. The minimum absolute atomic E-state index is 0.244. The van der Waals surface area contributed by atoms with Crippen LogP contribution in [0.5, 0.6) is 5.75 Å². The number of rotatable bonds is 6. The van der Waals surface area contributed by atoms with E-state index in [0.717, 1.165) is 12.8 Å². The van der Waals surface area contributed by atoms with Gasteiger partial charge in [-0.15, -0.1) is 0 Å². The van der Waals surface area contributed by atoms with E-state index in [1.54, 1.807) is 31.4 Å². The lowest BCUT2D eigenvalue weighted by Crippen LogP contribution is -2.28. The lowest BCUT2D eigenvalue weighted by molar-refractivity contribution is 0.0930. The Kier molecular flexibility index (Phi) is 4.32. The number of nitrogens with zero attached hydrogens (tertiary/aromatic N) is 2. The van der Waals surface area contributed by atoms with Gasteiger partial charge in [0.25, 0.3) is 5.91 Å². The Morgan fingerprint density at radius 1 is 1.48 bits per heavy atom. The molecule has 6 heteroatoms. The van der Waals surface area contributed by atoms with E-state index in [-0.39, 0.29) is 17.7 Å². The van der Waals surface area contributed by atoms with Crippen LogP contribution >= 0.6 is 0 Å². The van der Waals surface area contributed by atoms with Gasteiger partial charge in [0.05, 0.1) is 12.6 Å². The summed E-state index contributed by atoms with van der Waals surface area (Å²) in [4.78, 5) is 12.2. The summed E-state index contributed by atoms with van der Waals surface area (Å²) in [7, 11) is 1.70. The Morgan fingerprint density at radius 2 is 2.26 bits per heavy atom. The zero-order valence-electron chi connectivity index (χ0n) is 13.3. The van der Waals surface area contributed by atoms with Crippen LogP contribution in [-0.4, -0.2) is 22.3 Å². The second-order valence-corrected chi connectivity index (χ2v) is 5.98. The van der Waals surface area contributed by atoms with E-state index in [0.29, 0.717) is 23.8 Å². The maximum Gasteiger partial charge on any atom is 0.270 e. The van der Waals surface area contributed by atoms with Crippen LogP contribution in [0.4, 0.5) is 4.39 Å². The number of aryl methyl sites for hydroxylation is 1. The van der Waals surface area contributed by atoms with E-state index in [9.17, 15) is 9.18 Å². The number of ether oxygens (including phenoxy) is 1. The molecule has 1 N–H and O–H groups in total. The Bertz CT molecular complexity index is 710. The van der Waals surface area contributed by atoms with Crippen molar-refractivity contribution < 1.29 is 13.9 Å². The van der Waals surface area contributed by atoms with Gasteiger partial charge >= 0.3 is 0 Å². The highest BCUT2D eigenvalue weighted by Gasteiger charge is 2.22. The largest absolute Gasteiger partial charge is 0.490 e. The van der Waals surface area contributed by atoms with Crippen molar-refractivity contribution in [2.75, 3.05) is 6.61 Å². The minimum Gasteiger partial charge on any atom is -0.490 e. The van der Waals surface area contributed by atoms with Gasteiger partial charge in [-0.2, -0.15) is 5.10 Å². The predicted molar refractivity (Wildman–Crippen MR) is 83.7 cm³/mol. The van der Waals surface area contributed by atoms with Gasteiger partial charge in [0.2, 0.25) is 0 Å². The topological polar surface area (TPSA) is 56.2 Å². The fourth-order valence-corrected chi connectivity index (χ4v) is 2.35. The molecule has 2 aromatic rings. The monoisotopic (exact) mass is 317 g/mol. The normalized spacial score (nSPS) is 15.3. The van der Waals surface area contributed by atoms with Crippen molar-refractivity contribution in [3.63, 3.8) is 0 Å². The molecular weight excluding hydrogens is 297 g/mol. The summed E-state index contributed by atoms with van der Waals surface area (Å²) in [6, 6.07) is 6.14. The SMILES string of the molecule is C[C@@H](NC(=O)c1ccnn1C)c1ccc(OCC2CC2)c(F)c1. The number of benzene rings is 1. The summed E-state index contributed by atoms with van der Waals surface area (Å²) in [5, 5.41) is 6.80. The summed E-state index contributed by atoms with van der Waals surface area (Å²) in [5.74, 6) is 0.203. The van der Waals surface area contributed by atoms with Crippen LogP contribution in [0.2, 0.25) is 0 Å². The zero-order chi connectivity index (χ0) is 16.4. The number of hydrogen-bond donors (Lipinski definition) is 1. The van der Waals surface area contributed by atoms with Gasteiger partial charge in [-0.05, 0) is 49.4 Å². The first kappa shape index (κ1) is 15.5. The molecule has 1 saturated carbocycles. The van der Waals surface area contributed by atoms with E-state index in [2.05, 4.69) is 10.4 Å². The molecule has 0 radical (unpaired) electrons. The molecule has 0 saturated heterocycles. The fraction of sp³-hybridized carbons (Fsp3) is 0.412. The zero-order valence-corrected chi connectivity index (χ0v) is 13.3. The van der Waals surface area contributed by atoms with Gasteiger partial charge in [0.1, 0.15) is 5.69 Å². The van der Waals surface area contributed by atoms with Gasteiger partial charge in [-0.3, -0.25) is 9.48 Å². The van der Waals surface area contributed by atoms with Crippen LogP contribution in [0, 0.1) is 11.7 Å². The average molecular weight is 317 g/mol. The van der Waals surface area contributed by atoms with Crippen molar-refractivity contribution in [3.05, 3.63) is 47.5 Å². The van der Waals surface area contributed by atoms with Crippen molar-refractivity contribution in [1.29, 1.82) is 0 Å². The first-order valence-electron chi connectivity index (χ1n) is 7.75. The Labute approximate surface area is 134 Å². The first-order chi connectivity index (χ1) is 11.0. The van der Waals surface area contributed by atoms with E-state index in [1.165, 1.54) is 10.7 Å². The summed E-state index contributed by atoms with van der Waals surface area (Å²) < 4.78 is 21.1.